The smallest absolute Gasteiger partial charge is 0.243 e. The average molecular weight is 674 g/mol. The lowest BCUT2D eigenvalue weighted by Crippen LogP contribution is -2.40. The summed E-state index contributed by atoms with van der Waals surface area (Å²) < 4.78 is 64.5. The zero-order valence-corrected chi connectivity index (χ0v) is 28.6. The van der Waals surface area contributed by atoms with Gasteiger partial charge in [0.2, 0.25) is 20.0 Å². The second kappa shape index (κ2) is 15.2. The van der Waals surface area contributed by atoms with Crippen molar-refractivity contribution >= 4 is 32.5 Å². The van der Waals surface area contributed by atoms with Crippen LogP contribution in [0.3, 0.4) is 0 Å². The molecule has 8 nitrogen and oxygen atoms in total. The van der Waals surface area contributed by atoms with Crippen LogP contribution in [0.1, 0.15) is 54.6 Å². The van der Waals surface area contributed by atoms with Crippen molar-refractivity contribution in [2.24, 2.45) is 5.92 Å². The minimum Gasteiger partial charge on any atom is -0.493 e. The Kier molecular flexibility index (Phi) is 11.9. The molecule has 11 heteroatoms. The van der Waals surface area contributed by atoms with E-state index >= 15 is 0 Å². The molecule has 0 amide bonds. The Morgan fingerprint density at radius 2 is 1.20 bits per heavy atom. The summed E-state index contributed by atoms with van der Waals surface area (Å²) in [5.74, 6) is 1.21. The van der Waals surface area contributed by atoms with Gasteiger partial charge < -0.3 is 4.74 Å². The largest absolute Gasteiger partial charge is 0.493 e. The number of aryl methyl sites for hydroxylation is 2. The number of fused-ring (bicyclic) bond motifs is 2. The van der Waals surface area contributed by atoms with Gasteiger partial charge >= 0.3 is 0 Å². The average Bonchev–Trinajstić information content (AvgIpc) is 3.00. The summed E-state index contributed by atoms with van der Waals surface area (Å²) in [6.07, 6.45) is 6.81. The molecule has 1 aliphatic carbocycles. The lowest BCUT2D eigenvalue weighted by Gasteiger charge is -2.28. The fourth-order valence-corrected chi connectivity index (χ4v) is 8.77. The van der Waals surface area contributed by atoms with E-state index in [4.69, 9.17) is 9.72 Å². The molecule has 0 radical (unpaired) electrons. The van der Waals surface area contributed by atoms with Gasteiger partial charge in [0.25, 0.3) is 0 Å². The molecule has 0 N–H and O–H groups in total. The zero-order chi connectivity index (χ0) is 31.3. The molecule has 1 fully saturated rings. The van der Waals surface area contributed by atoms with Crippen molar-refractivity contribution in [3.8, 4) is 5.75 Å². The van der Waals surface area contributed by atoms with Crippen LogP contribution in [-0.2, 0) is 32.9 Å². The Hall–Kier alpha value is -2.76. The molecule has 244 valence electrons. The molecule has 2 aromatic carbocycles. The maximum atomic E-state index is 13.9. The number of rotatable bonds is 7. The Morgan fingerprint density at radius 3 is 1.64 bits per heavy atom. The third kappa shape index (κ3) is 8.95. The summed E-state index contributed by atoms with van der Waals surface area (Å²) in [6, 6.07) is 17.3. The summed E-state index contributed by atoms with van der Waals surface area (Å²) >= 11 is 0. The number of hydrogen-bond donors (Lipinski definition) is 0. The summed E-state index contributed by atoms with van der Waals surface area (Å²) in [6.45, 7) is 8.90. The topological polar surface area (TPSA) is 96.9 Å². The molecule has 2 bridgehead atoms. The second-order valence-corrected chi connectivity index (χ2v) is 16.0. The highest BCUT2D eigenvalue weighted by atomic mass is 35.5. The molecule has 0 unspecified atom stereocenters. The molecule has 45 heavy (non-hydrogen) atoms. The Labute approximate surface area is 275 Å². The molecule has 0 spiro atoms. The highest BCUT2D eigenvalue weighted by Crippen LogP contribution is 2.27. The van der Waals surface area contributed by atoms with Crippen LogP contribution in [0.4, 0.5) is 0 Å². The quantitative estimate of drug-likeness (QED) is 0.281. The molecule has 3 aromatic rings. The number of halogens is 1. The second-order valence-electron chi connectivity index (χ2n) is 12.2. The van der Waals surface area contributed by atoms with E-state index in [1.807, 2.05) is 26.0 Å². The monoisotopic (exact) mass is 673 g/mol. The molecular weight excluding hydrogens is 630 g/mol. The van der Waals surface area contributed by atoms with E-state index in [1.165, 1.54) is 27.9 Å². The van der Waals surface area contributed by atoms with Gasteiger partial charge in [-0.3, -0.25) is 4.98 Å². The maximum absolute atomic E-state index is 13.9. The standard InChI is InChI=1S/C34H43N3O5S2.ClH/c1-26-9-13-33(14-10-26)43(38,39)36-19-17-30-21-32(42-25-29-7-5-4-6-8-29)22-31(35-30)18-20-37(24-28(3)23-36)44(40,41)34-15-11-27(2)12-16-34;/h9-16,21-22,29H,3-8,17-20,23-25H2,1-2H3;1H. The van der Waals surface area contributed by atoms with E-state index in [0.717, 1.165) is 24.0 Å². The molecule has 5 rings (SSSR count). The van der Waals surface area contributed by atoms with Gasteiger partial charge in [-0.2, -0.15) is 8.61 Å². The van der Waals surface area contributed by atoms with Gasteiger partial charge in [0, 0.05) is 62.5 Å². The SMILES string of the molecule is C=C1CN(S(=O)(=O)c2ccc(C)cc2)CCc2cc(OCC3CCCCC3)cc(n2)CCN(S(=O)(=O)c2ccc(C)cc2)C1.Cl. The number of pyridine rings is 1. The Morgan fingerprint density at radius 1 is 0.756 bits per heavy atom. The Bertz CT molecular complexity index is 1560. The number of ether oxygens (including phenoxy) is 1. The normalized spacial score (nSPS) is 18.0. The van der Waals surface area contributed by atoms with Crippen molar-refractivity contribution in [3.63, 3.8) is 0 Å². The summed E-state index contributed by atoms with van der Waals surface area (Å²) in [5, 5.41) is 0. The molecule has 0 atom stereocenters. The number of aromatic nitrogens is 1. The molecule has 2 aliphatic rings. The Balaban J connectivity index is 0.00000461. The molecule has 1 aromatic heterocycles. The zero-order valence-electron chi connectivity index (χ0n) is 26.2. The lowest BCUT2D eigenvalue weighted by molar-refractivity contribution is 0.208. The maximum Gasteiger partial charge on any atom is 0.243 e. The van der Waals surface area contributed by atoms with Gasteiger partial charge in [-0.1, -0.05) is 61.2 Å². The summed E-state index contributed by atoms with van der Waals surface area (Å²) in [4.78, 5) is 5.21. The number of benzene rings is 2. The van der Waals surface area contributed by atoms with Crippen LogP contribution >= 0.6 is 12.4 Å². The molecule has 1 aliphatic heterocycles. The van der Waals surface area contributed by atoms with E-state index < -0.39 is 20.0 Å². The van der Waals surface area contributed by atoms with Crippen LogP contribution in [0, 0.1) is 19.8 Å². The van der Waals surface area contributed by atoms with Gasteiger partial charge in [0.15, 0.2) is 0 Å². The fourth-order valence-electron chi connectivity index (χ4n) is 5.84. The van der Waals surface area contributed by atoms with Crippen LogP contribution in [-0.4, -0.2) is 63.2 Å². The number of sulfonamides is 2. The van der Waals surface area contributed by atoms with E-state index in [1.54, 1.807) is 48.5 Å². The van der Waals surface area contributed by atoms with E-state index in [2.05, 4.69) is 6.58 Å². The fraction of sp³-hybridized carbons (Fsp3) is 0.441. The van der Waals surface area contributed by atoms with Gasteiger partial charge in [-0.15, -0.1) is 12.4 Å². The predicted molar refractivity (Wildman–Crippen MR) is 180 cm³/mol. The minimum absolute atomic E-state index is 0. The van der Waals surface area contributed by atoms with Crippen molar-refractivity contribution in [1.82, 2.24) is 13.6 Å². The third-order valence-corrected chi connectivity index (χ3v) is 12.2. The first-order valence-corrected chi connectivity index (χ1v) is 18.3. The highest BCUT2D eigenvalue weighted by molar-refractivity contribution is 7.89. The molecule has 1 saturated carbocycles. The summed E-state index contributed by atoms with van der Waals surface area (Å²) in [5.41, 5.74) is 3.83. The first-order valence-electron chi connectivity index (χ1n) is 15.4. The van der Waals surface area contributed by atoms with Gasteiger partial charge in [0.05, 0.1) is 16.4 Å². The number of hydrogen-bond acceptors (Lipinski definition) is 6. The predicted octanol–water partition coefficient (Wildman–Crippen LogP) is 6.12. The van der Waals surface area contributed by atoms with Crippen LogP contribution < -0.4 is 4.74 Å². The molecular formula is C34H44ClN3O5S2. The highest BCUT2D eigenvalue weighted by Gasteiger charge is 2.29. The van der Waals surface area contributed by atoms with Gasteiger partial charge in [-0.25, -0.2) is 16.8 Å². The van der Waals surface area contributed by atoms with Crippen LogP contribution in [0.2, 0.25) is 0 Å². The summed E-state index contributed by atoms with van der Waals surface area (Å²) in [7, 11) is -7.79. The lowest BCUT2D eigenvalue weighted by atomic mass is 9.90. The van der Waals surface area contributed by atoms with Crippen molar-refractivity contribution in [2.75, 3.05) is 32.8 Å². The van der Waals surface area contributed by atoms with E-state index in [9.17, 15) is 16.8 Å². The molecule has 2 heterocycles. The van der Waals surface area contributed by atoms with Crippen LogP contribution in [0.25, 0.3) is 0 Å². The first kappa shape index (κ1) is 35.1. The van der Waals surface area contributed by atoms with Crippen molar-refractivity contribution in [3.05, 3.63) is 95.3 Å². The van der Waals surface area contributed by atoms with Gasteiger partial charge in [0.1, 0.15) is 5.75 Å². The molecule has 0 saturated heterocycles. The van der Waals surface area contributed by atoms with Crippen LogP contribution in [0.15, 0.2) is 82.6 Å². The first-order chi connectivity index (χ1) is 21.0. The van der Waals surface area contributed by atoms with E-state index in [-0.39, 0.29) is 48.4 Å². The van der Waals surface area contributed by atoms with Crippen molar-refractivity contribution in [2.45, 2.75) is 68.6 Å². The van der Waals surface area contributed by atoms with Gasteiger partial charge in [-0.05, 0) is 62.4 Å². The van der Waals surface area contributed by atoms with E-state index in [0.29, 0.717) is 48.1 Å². The third-order valence-electron chi connectivity index (χ3n) is 8.47. The van der Waals surface area contributed by atoms with Crippen molar-refractivity contribution in [1.29, 1.82) is 0 Å². The minimum atomic E-state index is -3.89. The van der Waals surface area contributed by atoms with Crippen molar-refractivity contribution < 1.29 is 21.6 Å². The number of nitrogens with zero attached hydrogens (tertiary/aromatic N) is 3. The van der Waals surface area contributed by atoms with Crippen LogP contribution in [0.5, 0.6) is 5.75 Å².